The Morgan fingerprint density at radius 3 is 1.32 bits per heavy atom. The molecule has 0 aliphatic carbocycles. The predicted molar refractivity (Wildman–Crippen MR) is 110 cm³/mol. The van der Waals surface area contributed by atoms with E-state index in [2.05, 4.69) is 60.7 Å². The second kappa shape index (κ2) is 8.95. The maximum atomic E-state index is 5.58. The van der Waals surface area contributed by atoms with Crippen molar-refractivity contribution in [3.8, 4) is 20.9 Å². The van der Waals surface area contributed by atoms with Gasteiger partial charge in [0.25, 0.3) is 0 Å². The quantitative estimate of drug-likeness (QED) is 0.609. The van der Waals surface area contributed by atoms with Gasteiger partial charge in [-0.1, -0.05) is 48.5 Å². The van der Waals surface area contributed by atoms with Gasteiger partial charge in [0.2, 0.25) is 0 Å². The lowest BCUT2D eigenvalue weighted by Crippen LogP contribution is -2.00. The van der Waals surface area contributed by atoms with Gasteiger partial charge in [-0.05, 0) is 73.2 Å². The van der Waals surface area contributed by atoms with Gasteiger partial charge in [0, 0.05) is 9.75 Å². The molecule has 2 aromatic carbocycles. The van der Waals surface area contributed by atoms with E-state index >= 15 is 0 Å². The zero-order valence-electron chi connectivity index (χ0n) is 14.6. The summed E-state index contributed by atoms with van der Waals surface area (Å²) in [7, 11) is 0. The maximum absolute atomic E-state index is 5.58. The molecule has 0 spiro atoms. The highest BCUT2D eigenvalue weighted by Crippen LogP contribution is 2.34. The molecule has 3 aromatic rings. The van der Waals surface area contributed by atoms with E-state index in [1.54, 1.807) is 0 Å². The smallest absolute Gasteiger partial charge is 0.0349 e. The lowest BCUT2D eigenvalue weighted by molar-refractivity contribution is 0.833. The van der Waals surface area contributed by atoms with Crippen LogP contribution in [0.25, 0.3) is 20.9 Å². The van der Waals surface area contributed by atoms with Crippen LogP contribution in [0.15, 0.2) is 60.7 Å². The zero-order valence-corrected chi connectivity index (χ0v) is 15.4. The summed E-state index contributed by atoms with van der Waals surface area (Å²) in [4.78, 5) is 2.63. The zero-order chi connectivity index (χ0) is 17.5. The van der Waals surface area contributed by atoms with Crippen LogP contribution in [0.4, 0.5) is 0 Å². The first-order valence-corrected chi connectivity index (χ1v) is 9.80. The third-order valence-electron chi connectivity index (χ3n) is 4.42. The minimum absolute atomic E-state index is 0.751. The van der Waals surface area contributed by atoms with Gasteiger partial charge < -0.3 is 11.5 Å². The van der Waals surface area contributed by atoms with Gasteiger partial charge in [-0.15, -0.1) is 11.3 Å². The average molecular weight is 351 g/mol. The van der Waals surface area contributed by atoms with Crippen LogP contribution in [-0.4, -0.2) is 13.1 Å². The standard InChI is InChI=1S/C22H26N2S/c23-15-1-3-17-5-9-19(10-6-17)21-13-14-22(25-21)20-11-7-18(8-12-20)4-2-16-24/h5-14H,1-4,15-16,23-24H2. The number of nitrogens with two attached hydrogens (primary N) is 2. The van der Waals surface area contributed by atoms with Crippen molar-refractivity contribution < 1.29 is 0 Å². The second-order valence-electron chi connectivity index (χ2n) is 6.34. The number of thiophene rings is 1. The van der Waals surface area contributed by atoms with Gasteiger partial charge in [0.15, 0.2) is 0 Å². The number of hydrogen-bond donors (Lipinski definition) is 2. The lowest BCUT2D eigenvalue weighted by Gasteiger charge is -2.03. The van der Waals surface area contributed by atoms with E-state index in [4.69, 9.17) is 11.5 Å². The molecule has 0 saturated heterocycles. The van der Waals surface area contributed by atoms with Gasteiger partial charge in [-0.25, -0.2) is 0 Å². The van der Waals surface area contributed by atoms with E-state index in [9.17, 15) is 0 Å². The van der Waals surface area contributed by atoms with Crippen molar-refractivity contribution in [2.75, 3.05) is 13.1 Å². The van der Waals surface area contributed by atoms with E-state index in [-0.39, 0.29) is 0 Å². The van der Waals surface area contributed by atoms with Crippen molar-refractivity contribution in [3.63, 3.8) is 0 Å². The van der Waals surface area contributed by atoms with Gasteiger partial charge in [0.1, 0.15) is 0 Å². The summed E-state index contributed by atoms with van der Waals surface area (Å²) in [5.74, 6) is 0. The normalized spacial score (nSPS) is 11.0. The molecule has 0 aliphatic rings. The van der Waals surface area contributed by atoms with Crippen LogP contribution in [0.3, 0.4) is 0 Å². The Balaban J connectivity index is 1.71. The summed E-state index contributed by atoms with van der Waals surface area (Å²) in [5.41, 5.74) is 16.5. The molecular weight excluding hydrogens is 324 g/mol. The first kappa shape index (κ1) is 17.9. The molecule has 4 N–H and O–H groups in total. The Kier molecular flexibility index (Phi) is 6.40. The van der Waals surface area contributed by atoms with Crippen LogP contribution < -0.4 is 11.5 Å². The van der Waals surface area contributed by atoms with Crippen molar-refractivity contribution >= 4 is 11.3 Å². The van der Waals surface area contributed by atoms with E-state index < -0.39 is 0 Å². The van der Waals surface area contributed by atoms with E-state index in [1.165, 1.54) is 32.0 Å². The highest BCUT2D eigenvalue weighted by molar-refractivity contribution is 7.18. The molecule has 130 valence electrons. The Morgan fingerprint density at radius 1 is 0.560 bits per heavy atom. The minimum Gasteiger partial charge on any atom is -0.330 e. The van der Waals surface area contributed by atoms with Gasteiger partial charge in [0.05, 0.1) is 0 Å². The molecule has 1 aromatic heterocycles. The molecule has 0 fully saturated rings. The fourth-order valence-corrected chi connectivity index (χ4v) is 3.95. The lowest BCUT2D eigenvalue weighted by atomic mass is 10.1. The van der Waals surface area contributed by atoms with Gasteiger partial charge in [-0.3, -0.25) is 0 Å². The summed E-state index contributed by atoms with van der Waals surface area (Å²) in [5, 5.41) is 0. The fourth-order valence-electron chi connectivity index (χ4n) is 2.93. The topological polar surface area (TPSA) is 52.0 Å². The second-order valence-corrected chi connectivity index (χ2v) is 7.43. The van der Waals surface area contributed by atoms with Crippen LogP contribution in [0.5, 0.6) is 0 Å². The van der Waals surface area contributed by atoms with Gasteiger partial charge >= 0.3 is 0 Å². The van der Waals surface area contributed by atoms with E-state index in [0.29, 0.717) is 0 Å². The Morgan fingerprint density at radius 2 is 0.960 bits per heavy atom. The SMILES string of the molecule is NCCCc1ccc(-c2ccc(-c3ccc(CCCN)cc3)s2)cc1. The third-order valence-corrected chi connectivity index (χ3v) is 5.61. The highest BCUT2D eigenvalue weighted by Gasteiger charge is 2.05. The van der Waals surface area contributed by atoms with Crippen LogP contribution in [0.2, 0.25) is 0 Å². The first-order valence-electron chi connectivity index (χ1n) is 8.99. The summed E-state index contributed by atoms with van der Waals surface area (Å²) in [6.45, 7) is 1.50. The van der Waals surface area contributed by atoms with Crippen molar-refractivity contribution in [1.82, 2.24) is 0 Å². The minimum atomic E-state index is 0.751. The fraction of sp³-hybridized carbons (Fsp3) is 0.273. The van der Waals surface area contributed by atoms with Crippen LogP contribution in [-0.2, 0) is 12.8 Å². The molecular formula is C22H26N2S. The van der Waals surface area contributed by atoms with E-state index in [0.717, 1.165) is 38.8 Å². The van der Waals surface area contributed by atoms with Gasteiger partial charge in [-0.2, -0.15) is 0 Å². The molecule has 0 radical (unpaired) electrons. The molecule has 0 bridgehead atoms. The predicted octanol–water partition coefficient (Wildman–Crippen LogP) is 4.86. The van der Waals surface area contributed by atoms with E-state index in [1.807, 2.05) is 11.3 Å². The van der Waals surface area contributed by atoms with Crippen molar-refractivity contribution in [1.29, 1.82) is 0 Å². The largest absolute Gasteiger partial charge is 0.330 e. The number of benzene rings is 2. The first-order chi connectivity index (χ1) is 12.3. The molecule has 0 unspecified atom stereocenters. The summed E-state index contributed by atoms with van der Waals surface area (Å²) >= 11 is 1.85. The molecule has 0 atom stereocenters. The van der Waals surface area contributed by atoms with Crippen LogP contribution >= 0.6 is 11.3 Å². The highest BCUT2D eigenvalue weighted by atomic mass is 32.1. The Labute approximate surface area is 154 Å². The molecule has 0 aliphatic heterocycles. The molecule has 3 rings (SSSR count). The van der Waals surface area contributed by atoms with Crippen molar-refractivity contribution in [2.24, 2.45) is 11.5 Å². The molecule has 1 heterocycles. The molecule has 3 heteroatoms. The molecule has 0 saturated carbocycles. The molecule has 25 heavy (non-hydrogen) atoms. The molecule has 2 nitrogen and oxygen atoms in total. The Hall–Kier alpha value is -1.94. The van der Waals surface area contributed by atoms with Crippen molar-refractivity contribution in [2.45, 2.75) is 25.7 Å². The number of aryl methyl sites for hydroxylation is 2. The van der Waals surface area contributed by atoms with Crippen LogP contribution in [0.1, 0.15) is 24.0 Å². The Bertz CT molecular complexity index is 707. The number of hydrogen-bond acceptors (Lipinski definition) is 3. The van der Waals surface area contributed by atoms with Crippen molar-refractivity contribution in [3.05, 3.63) is 71.8 Å². The third kappa shape index (κ3) is 4.79. The summed E-state index contributed by atoms with van der Waals surface area (Å²) in [6.07, 6.45) is 4.21. The summed E-state index contributed by atoms with van der Waals surface area (Å²) < 4.78 is 0. The average Bonchev–Trinajstić information content (AvgIpc) is 3.15. The maximum Gasteiger partial charge on any atom is 0.0349 e. The van der Waals surface area contributed by atoms with Crippen LogP contribution in [0, 0.1) is 0 Å². The monoisotopic (exact) mass is 350 g/mol. The summed E-state index contributed by atoms with van der Waals surface area (Å²) in [6, 6.07) is 22.2. The number of rotatable bonds is 8. The molecule has 0 amide bonds.